The lowest BCUT2D eigenvalue weighted by Gasteiger charge is -2.13. The second-order valence-corrected chi connectivity index (χ2v) is 5.25. The molecule has 1 aliphatic rings. The van der Waals surface area contributed by atoms with Crippen LogP contribution in [0.2, 0.25) is 0 Å². The smallest absolute Gasteiger partial charge is 0.0716 e. The highest BCUT2D eigenvalue weighted by molar-refractivity contribution is 5.30. The molecule has 2 unspecified atom stereocenters. The fraction of sp³-hybridized carbons (Fsp3) is 0.400. The van der Waals surface area contributed by atoms with Crippen LogP contribution in [0.4, 0.5) is 0 Å². The van der Waals surface area contributed by atoms with Crippen molar-refractivity contribution < 1.29 is 5.11 Å². The van der Waals surface area contributed by atoms with Crippen molar-refractivity contribution in [1.82, 2.24) is 20.4 Å². The molecule has 1 saturated heterocycles. The van der Waals surface area contributed by atoms with E-state index in [-0.39, 0.29) is 6.10 Å². The standard InChI is InChI=1S/C15H20N4O/c20-15-10-17-9-13(15)8-16-6-12-7-18-19(11-12)14-4-2-1-3-5-14/h1-5,7,11,13,15-17,20H,6,8-10H2. The first kappa shape index (κ1) is 13.3. The minimum Gasteiger partial charge on any atom is -0.391 e. The normalized spacial score (nSPS) is 22.2. The molecule has 1 aliphatic heterocycles. The molecule has 0 aliphatic carbocycles. The predicted molar refractivity (Wildman–Crippen MR) is 77.6 cm³/mol. The largest absolute Gasteiger partial charge is 0.391 e. The number of nitrogens with zero attached hydrogens (tertiary/aromatic N) is 2. The topological polar surface area (TPSA) is 62.1 Å². The molecule has 5 heteroatoms. The van der Waals surface area contributed by atoms with Crippen molar-refractivity contribution in [1.29, 1.82) is 0 Å². The maximum Gasteiger partial charge on any atom is 0.0716 e. The highest BCUT2D eigenvalue weighted by Gasteiger charge is 2.23. The van der Waals surface area contributed by atoms with Gasteiger partial charge in [-0.15, -0.1) is 0 Å². The maximum absolute atomic E-state index is 9.72. The summed E-state index contributed by atoms with van der Waals surface area (Å²) in [5, 5.41) is 20.7. The van der Waals surface area contributed by atoms with Gasteiger partial charge in [0.25, 0.3) is 0 Å². The third-order valence-corrected chi connectivity index (χ3v) is 3.70. The summed E-state index contributed by atoms with van der Waals surface area (Å²) in [7, 11) is 0. The molecule has 1 aromatic carbocycles. The molecule has 0 bridgehead atoms. The van der Waals surface area contributed by atoms with Gasteiger partial charge in [-0.05, 0) is 12.1 Å². The first-order valence-electron chi connectivity index (χ1n) is 7.01. The molecule has 2 atom stereocenters. The molecule has 1 fully saturated rings. The van der Waals surface area contributed by atoms with Crippen molar-refractivity contribution >= 4 is 0 Å². The number of hydrogen-bond acceptors (Lipinski definition) is 4. The average molecular weight is 272 g/mol. The Kier molecular flexibility index (Phi) is 4.11. The monoisotopic (exact) mass is 272 g/mol. The Morgan fingerprint density at radius 1 is 1.30 bits per heavy atom. The molecule has 20 heavy (non-hydrogen) atoms. The Hall–Kier alpha value is -1.69. The average Bonchev–Trinajstić information content (AvgIpc) is 3.10. The number of β-amino-alcohol motifs (C(OH)–C–C–N with tert-alkyl or cyclic N) is 1. The highest BCUT2D eigenvalue weighted by atomic mass is 16.3. The van der Waals surface area contributed by atoms with E-state index in [4.69, 9.17) is 0 Å². The van der Waals surface area contributed by atoms with Crippen molar-refractivity contribution in [3.63, 3.8) is 0 Å². The second kappa shape index (κ2) is 6.17. The van der Waals surface area contributed by atoms with E-state index < -0.39 is 0 Å². The quantitative estimate of drug-likeness (QED) is 0.743. The maximum atomic E-state index is 9.72. The highest BCUT2D eigenvalue weighted by Crippen LogP contribution is 2.09. The van der Waals surface area contributed by atoms with Crippen molar-refractivity contribution in [3.05, 3.63) is 48.3 Å². The molecule has 0 saturated carbocycles. The Balaban J connectivity index is 1.53. The molecule has 0 amide bonds. The lowest BCUT2D eigenvalue weighted by molar-refractivity contribution is 0.146. The molecule has 2 heterocycles. The zero-order chi connectivity index (χ0) is 13.8. The zero-order valence-corrected chi connectivity index (χ0v) is 11.4. The summed E-state index contributed by atoms with van der Waals surface area (Å²) < 4.78 is 1.88. The summed E-state index contributed by atoms with van der Waals surface area (Å²) in [4.78, 5) is 0. The number of aliphatic hydroxyl groups is 1. The van der Waals surface area contributed by atoms with Gasteiger partial charge in [0, 0.05) is 43.9 Å². The third kappa shape index (κ3) is 3.07. The van der Waals surface area contributed by atoms with Crippen LogP contribution in [-0.4, -0.2) is 40.6 Å². The van der Waals surface area contributed by atoms with Gasteiger partial charge in [-0.3, -0.25) is 0 Å². The van der Waals surface area contributed by atoms with Gasteiger partial charge in [0.1, 0.15) is 0 Å². The Labute approximate surface area is 118 Å². The van der Waals surface area contributed by atoms with Gasteiger partial charge in [-0.25, -0.2) is 4.68 Å². The number of aliphatic hydroxyl groups excluding tert-OH is 1. The van der Waals surface area contributed by atoms with Crippen LogP contribution in [0.5, 0.6) is 0 Å². The van der Waals surface area contributed by atoms with Gasteiger partial charge in [0.2, 0.25) is 0 Å². The fourth-order valence-electron chi connectivity index (χ4n) is 2.50. The molecule has 1 aromatic heterocycles. The Morgan fingerprint density at radius 3 is 2.90 bits per heavy atom. The Bertz CT molecular complexity index is 540. The number of para-hydroxylation sites is 1. The SMILES string of the molecule is OC1CNCC1CNCc1cnn(-c2ccccc2)c1. The number of nitrogens with one attached hydrogen (secondary N) is 2. The molecule has 3 N–H and O–H groups in total. The van der Waals surface area contributed by atoms with Crippen LogP contribution in [-0.2, 0) is 6.54 Å². The van der Waals surface area contributed by atoms with Gasteiger partial charge in [0.15, 0.2) is 0 Å². The van der Waals surface area contributed by atoms with Crippen molar-refractivity contribution in [2.24, 2.45) is 5.92 Å². The van der Waals surface area contributed by atoms with E-state index >= 15 is 0 Å². The summed E-state index contributed by atoms with van der Waals surface area (Å²) in [6, 6.07) is 10.1. The first-order valence-corrected chi connectivity index (χ1v) is 7.01. The van der Waals surface area contributed by atoms with E-state index in [2.05, 4.69) is 15.7 Å². The Morgan fingerprint density at radius 2 is 2.15 bits per heavy atom. The van der Waals surface area contributed by atoms with Crippen LogP contribution >= 0.6 is 0 Å². The summed E-state index contributed by atoms with van der Waals surface area (Å²) in [6.07, 6.45) is 3.68. The minimum absolute atomic E-state index is 0.227. The van der Waals surface area contributed by atoms with Crippen LogP contribution in [0.1, 0.15) is 5.56 Å². The van der Waals surface area contributed by atoms with Crippen LogP contribution in [0, 0.1) is 5.92 Å². The van der Waals surface area contributed by atoms with Gasteiger partial charge < -0.3 is 15.7 Å². The lowest BCUT2D eigenvalue weighted by Crippen LogP contribution is -2.30. The van der Waals surface area contributed by atoms with E-state index in [9.17, 15) is 5.11 Å². The first-order chi connectivity index (χ1) is 9.83. The summed E-state index contributed by atoms with van der Waals surface area (Å²) >= 11 is 0. The predicted octanol–water partition coefficient (Wildman–Crippen LogP) is 0.542. The number of hydrogen-bond donors (Lipinski definition) is 3. The second-order valence-electron chi connectivity index (χ2n) is 5.25. The number of rotatable bonds is 5. The van der Waals surface area contributed by atoms with Gasteiger partial charge in [-0.2, -0.15) is 5.10 Å². The fourth-order valence-corrected chi connectivity index (χ4v) is 2.50. The molecular weight excluding hydrogens is 252 g/mol. The summed E-state index contributed by atoms with van der Waals surface area (Å²) in [5.41, 5.74) is 2.21. The van der Waals surface area contributed by atoms with Crippen LogP contribution in [0.3, 0.4) is 0 Å². The van der Waals surface area contributed by atoms with E-state index in [1.54, 1.807) is 0 Å². The molecule has 2 aromatic rings. The van der Waals surface area contributed by atoms with Crippen molar-refractivity contribution in [2.45, 2.75) is 12.6 Å². The lowest BCUT2D eigenvalue weighted by atomic mass is 10.1. The number of aromatic nitrogens is 2. The van der Waals surface area contributed by atoms with Gasteiger partial charge in [-0.1, -0.05) is 18.2 Å². The number of benzene rings is 1. The van der Waals surface area contributed by atoms with E-state index in [1.807, 2.05) is 47.4 Å². The molecular formula is C15H20N4O. The summed E-state index contributed by atoms with van der Waals surface area (Å²) in [6.45, 7) is 3.19. The molecule has 0 spiro atoms. The molecule has 5 nitrogen and oxygen atoms in total. The van der Waals surface area contributed by atoms with Crippen LogP contribution in [0.15, 0.2) is 42.7 Å². The van der Waals surface area contributed by atoms with Crippen LogP contribution < -0.4 is 10.6 Å². The van der Waals surface area contributed by atoms with Crippen molar-refractivity contribution in [2.75, 3.05) is 19.6 Å². The van der Waals surface area contributed by atoms with Crippen molar-refractivity contribution in [3.8, 4) is 5.69 Å². The molecule has 106 valence electrons. The zero-order valence-electron chi connectivity index (χ0n) is 11.4. The van der Waals surface area contributed by atoms with Gasteiger partial charge in [0.05, 0.1) is 18.0 Å². The van der Waals surface area contributed by atoms with E-state index in [1.165, 1.54) is 0 Å². The molecule has 0 radical (unpaired) electrons. The minimum atomic E-state index is -0.227. The van der Waals surface area contributed by atoms with E-state index in [0.29, 0.717) is 12.5 Å². The van der Waals surface area contributed by atoms with E-state index in [0.717, 1.165) is 30.9 Å². The van der Waals surface area contributed by atoms with Gasteiger partial charge >= 0.3 is 0 Å². The summed E-state index contributed by atoms with van der Waals surface area (Å²) in [5.74, 6) is 0.305. The third-order valence-electron chi connectivity index (χ3n) is 3.70. The molecule has 3 rings (SSSR count). The van der Waals surface area contributed by atoms with Crippen LogP contribution in [0.25, 0.3) is 5.69 Å².